The van der Waals surface area contributed by atoms with E-state index in [2.05, 4.69) is 5.32 Å². The third-order valence-corrected chi connectivity index (χ3v) is 2.87. The molecule has 0 spiro atoms. The maximum Gasteiger partial charge on any atom is 0.488 e. The molecule has 0 heterocycles. The van der Waals surface area contributed by atoms with Crippen molar-refractivity contribution in [1.29, 1.82) is 0 Å². The molecule has 6 heteroatoms. The Morgan fingerprint density at radius 2 is 1.75 bits per heavy atom. The summed E-state index contributed by atoms with van der Waals surface area (Å²) in [5.41, 5.74) is 1.07. The summed E-state index contributed by atoms with van der Waals surface area (Å²) in [7, 11) is -1.56. The third kappa shape index (κ3) is 3.43. The van der Waals surface area contributed by atoms with Crippen molar-refractivity contribution in [3.05, 3.63) is 65.5 Å². The smallest absolute Gasteiger partial charge is 0.423 e. The van der Waals surface area contributed by atoms with Gasteiger partial charge in [-0.15, -0.1) is 0 Å². The van der Waals surface area contributed by atoms with Crippen LogP contribution in [0.15, 0.2) is 48.5 Å². The molecule has 0 fully saturated rings. The number of hydrogen-bond donors (Lipinski definition) is 3. The van der Waals surface area contributed by atoms with Crippen molar-refractivity contribution in [3.63, 3.8) is 0 Å². The first-order valence-electron chi connectivity index (χ1n) is 6.05. The first kappa shape index (κ1) is 14.2. The maximum atomic E-state index is 13.4. The monoisotopic (exact) mass is 273 g/mol. The Morgan fingerprint density at radius 1 is 1.10 bits per heavy atom. The van der Waals surface area contributed by atoms with Crippen LogP contribution in [-0.2, 0) is 6.54 Å². The minimum Gasteiger partial charge on any atom is -0.423 e. The number of benzene rings is 2. The van der Waals surface area contributed by atoms with Crippen molar-refractivity contribution in [2.24, 2.45) is 0 Å². The van der Waals surface area contributed by atoms with Gasteiger partial charge < -0.3 is 15.4 Å². The molecule has 0 aliphatic carbocycles. The van der Waals surface area contributed by atoms with E-state index in [1.807, 2.05) is 0 Å². The SMILES string of the molecule is O=C(NCc1ccccc1F)c1ccc(B(O)O)cc1. The van der Waals surface area contributed by atoms with E-state index in [0.717, 1.165) is 0 Å². The van der Waals surface area contributed by atoms with E-state index in [-0.39, 0.29) is 18.3 Å². The fourth-order valence-corrected chi connectivity index (χ4v) is 1.73. The minimum atomic E-state index is -1.56. The van der Waals surface area contributed by atoms with Crippen LogP contribution in [-0.4, -0.2) is 23.1 Å². The molecule has 0 atom stereocenters. The Labute approximate surface area is 116 Å². The van der Waals surface area contributed by atoms with E-state index in [1.54, 1.807) is 18.2 Å². The van der Waals surface area contributed by atoms with Crippen LogP contribution in [0.5, 0.6) is 0 Å². The molecule has 0 aliphatic rings. The minimum absolute atomic E-state index is 0.0931. The van der Waals surface area contributed by atoms with Gasteiger partial charge in [0, 0.05) is 17.7 Å². The highest BCUT2D eigenvalue weighted by molar-refractivity contribution is 6.58. The summed E-state index contributed by atoms with van der Waals surface area (Å²) in [5.74, 6) is -0.723. The largest absolute Gasteiger partial charge is 0.488 e. The Morgan fingerprint density at radius 3 is 2.35 bits per heavy atom. The lowest BCUT2D eigenvalue weighted by atomic mass is 9.80. The molecule has 0 unspecified atom stereocenters. The summed E-state index contributed by atoms with van der Waals surface area (Å²) in [6.45, 7) is 0.0931. The molecule has 2 aromatic rings. The van der Waals surface area contributed by atoms with E-state index in [0.29, 0.717) is 16.6 Å². The molecule has 102 valence electrons. The third-order valence-electron chi connectivity index (χ3n) is 2.87. The maximum absolute atomic E-state index is 13.4. The zero-order valence-electron chi connectivity index (χ0n) is 10.6. The molecule has 0 bridgehead atoms. The molecule has 0 aliphatic heterocycles. The van der Waals surface area contributed by atoms with E-state index in [1.165, 1.54) is 30.3 Å². The van der Waals surface area contributed by atoms with Gasteiger partial charge in [0.05, 0.1) is 0 Å². The summed E-state index contributed by atoms with van der Waals surface area (Å²) in [5, 5.41) is 20.5. The number of carbonyl (C=O) groups is 1. The average Bonchev–Trinajstić information content (AvgIpc) is 2.46. The van der Waals surface area contributed by atoms with Gasteiger partial charge in [0.25, 0.3) is 5.91 Å². The van der Waals surface area contributed by atoms with E-state index >= 15 is 0 Å². The van der Waals surface area contributed by atoms with Crippen LogP contribution in [0.1, 0.15) is 15.9 Å². The van der Waals surface area contributed by atoms with Crippen molar-refractivity contribution in [2.45, 2.75) is 6.54 Å². The lowest BCUT2D eigenvalue weighted by molar-refractivity contribution is 0.0950. The molecule has 2 aromatic carbocycles. The van der Waals surface area contributed by atoms with Gasteiger partial charge in [0.1, 0.15) is 5.82 Å². The fraction of sp³-hybridized carbons (Fsp3) is 0.0714. The number of amides is 1. The summed E-state index contributed by atoms with van der Waals surface area (Å²) < 4.78 is 13.4. The zero-order chi connectivity index (χ0) is 14.5. The van der Waals surface area contributed by atoms with Crippen LogP contribution in [0.25, 0.3) is 0 Å². The Hall–Kier alpha value is -2.18. The number of rotatable bonds is 4. The molecule has 20 heavy (non-hydrogen) atoms. The molecule has 0 aromatic heterocycles. The molecule has 0 saturated carbocycles. The highest BCUT2D eigenvalue weighted by Crippen LogP contribution is 2.06. The second-order valence-corrected chi connectivity index (χ2v) is 4.27. The predicted molar refractivity (Wildman–Crippen MR) is 73.8 cm³/mol. The number of hydrogen-bond acceptors (Lipinski definition) is 3. The van der Waals surface area contributed by atoms with Gasteiger partial charge in [-0.1, -0.05) is 30.3 Å². The summed E-state index contributed by atoms with van der Waals surface area (Å²) in [6, 6.07) is 12.1. The lowest BCUT2D eigenvalue weighted by Crippen LogP contribution is -2.30. The number of carbonyl (C=O) groups excluding carboxylic acids is 1. The quantitative estimate of drug-likeness (QED) is 0.708. The molecule has 1 amide bonds. The summed E-state index contributed by atoms with van der Waals surface area (Å²) in [6.07, 6.45) is 0. The zero-order valence-corrected chi connectivity index (χ0v) is 10.6. The van der Waals surface area contributed by atoms with Crippen LogP contribution in [0.2, 0.25) is 0 Å². The fourth-order valence-electron chi connectivity index (χ4n) is 1.73. The highest BCUT2D eigenvalue weighted by Gasteiger charge is 2.12. The van der Waals surface area contributed by atoms with Gasteiger partial charge in [-0.05, 0) is 23.7 Å². The van der Waals surface area contributed by atoms with Gasteiger partial charge in [-0.2, -0.15) is 0 Å². The number of nitrogens with one attached hydrogen (secondary N) is 1. The van der Waals surface area contributed by atoms with Crippen LogP contribution in [0.3, 0.4) is 0 Å². The molecular formula is C14H13BFNO3. The van der Waals surface area contributed by atoms with Crippen molar-refractivity contribution in [2.75, 3.05) is 0 Å². The van der Waals surface area contributed by atoms with Gasteiger partial charge in [-0.25, -0.2) is 4.39 Å². The van der Waals surface area contributed by atoms with Gasteiger partial charge in [0.15, 0.2) is 0 Å². The van der Waals surface area contributed by atoms with E-state index in [9.17, 15) is 9.18 Å². The van der Waals surface area contributed by atoms with Crippen LogP contribution in [0.4, 0.5) is 4.39 Å². The molecule has 0 radical (unpaired) electrons. The average molecular weight is 273 g/mol. The van der Waals surface area contributed by atoms with Crippen molar-refractivity contribution < 1.29 is 19.2 Å². The highest BCUT2D eigenvalue weighted by atomic mass is 19.1. The normalized spacial score (nSPS) is 10.2. The molecule has 4 nitrogen and oxygen atoms in total. The lowest BCUT2D eigenvalue weighted by Gasteiger charge is -2.07. The van der Waals surface area contributed by atoms with Crippen LogP contribution >= 0.6 is 0 Å². The predicted octanol–water partition coefficient (Wildman–Crippen LogP) is 0.436. The first-order chi connectivity index (χ1) is 9.58. The first-order valence-corrected chi connectivity index (χ1v) is 6.05. The van der Waals surface area contributed by atoms with Crippen molar-refractivity contribution in [3.8, 4) is 0 Å². The van der Waals surface area contributed by atoms with Crippen molar-refractivity contribution in [1.82, 2.24) is 5.32 Å². The van der Waals surface area contributed by atoms with Gasteiger partial charge >= 0.3 is 7.12 Å². The molecule has 0 saturated heterocycles. The Balaban J connectivity index is 2.00. The molecular weight excluding hydrogens is 260 g/mol. The summed E-state index contributed by atoms with van der Waals surface area (Å²) in [4.78, 5) is 11.9. The second-order valence-electron chi connectivity index (χ2n) is 4.27. The Bertz CT molecular complexity index is 602. The van der Waals surface area contributed by atoms with Crippen LogP contribution < -0.4 is 10.8 Å². The van der Waals surface area contributed by atoms with Crippen LogP contribution in [0, 0.1) is 5.82 Å². The van der Waals surface area contributed by atoms with Gasteiger partial charge in [-0.3, -0.25) is 4.79 Å². The summed E-state index contributed by atoms with van der Waals surface area (Å²) >= 11 is 0. The molecule has 2 rings (SSSR count). The topological polar surface area (TPSA) is 69.6 Å². The standard InChI is InChI=1S/C14H13BFNO3/c16-13-4-2-1-3-11(13)9-17-14(18)10-5-7-12(8-6-10)15(19)20/h1-8,19-20H,9H2,(H,17,18). The second kappa shape index (κ2) is 6.32. The molecule has 3 N–H and O–H groups in total. The van der Waals surface area contributed by atoms with Gasteiger partial charge in [0.2, 0.25) is 0 Å². The van der Waals surface area contributed by atoms with E-state index < -0.39 is 7.12 Å². The Kier molecular flexibility index (Phi) is 4.50. The number of halogens is 1. The van der Waals surface area contributed by atoms with Crippen molar-refractivity contribution >= 4 is 18.5 Å². The van der Waals surface area contributed by atoms with E-state index in [4.69, 9.17) is 10.0 Å².